The Labute approximate surface area is 234 Å². The van der Waals surface area contributed by atoms with Crippen LogP contribution in [-0.2, 0) is 27.5 Å². The van der Waals surface area contributed by atoms with Crippen LogP contribution in [0.4, 0.5) is 0 Å². The number of hydrogen-bond acceptors (Lipinski definition) is 9. The largest absolute Gasteiger partial charge is 0.493 e. The number of benzene rings is 1. The molecule has 0 aliphatic heterocycles. The lowest BCUT2D eigenvalue weighted by atomic mass is 9.87. The maximum Gasteiger partial charge on any atom is 0.247 e. The minimum Gasteiger partial charge on any atom is -0.493 e. The number of methoxy groups -OCH3 is 2. The quantitative estimate of drug-likeness (QED) is 0.237. The Balaban J connectivity index is 2.00. The Morgan fingerprint density at radius 2 is 2.03 bits per heavy atom. The zero-order chi connectivity index (χ0) is 27.7. The van der Waals surface area contributed by atoms with Gasteiger partial charge in [-0.15, -0.1) is 0 Å². The minimum atomic E-state index is -1.21. The lowest BCUT2D eigenvalue weighted by Crippen LogP contribution is -2.55. The van der Waals surface area contributed by atoms with Gasteiger partial charge in [-0.2, -0.15) is 0 Å². The Bertz CT molecular complexity index is 1110. The van der Waals surface area contributed by atoms with E-state index < -0.39 is 24.2 Å². The number of aliphatic hydroxyl groups is 3. The van der Waals surface area contributed by atoms with Crippen LogP contribution < -0.4 is 14.8 Å². The van der Waals surface area contributed by atoms with Crippen LogP contribution in [-0.4, -0.2) is 84.3 Å². The second-order valence-electron chi connectivity index (χ2n) is 8.68. The molecule has 2 aromatic rings. The van der Waals surface area contributed by atoms with Crippen molar-refractivity contribution in [2.24, 2.45) is 0 Å². The molecule has 3 atom stereocenters. The summed E-state index contributed by atoms with van der Waals surface area (Å²) in [7, 11) is 2.96. The monoisotopic (exact) mass is 644 g/mol. The van der Waals surface area contributed by atoms with Crippen molar-refractivity contribution in [2.45, 2.75) is 44.2 Å². The number of halogens is 1. The molecule has 0 fully saturated rings. The van der Waals surface area contributed by atoms with E-state index in [1.165, 1.54) is 37.7 Å². The molecule has 0 spiro atoms. The molecular formula is C26H33IN2O9. The van der Waals surface area contributed by atoms with E-state index in [9.17, 15) is 19.8 Å². The summed E-state index contributed by atoms with van der Waals surface area (Å²) in [6.07, 6.45) is 2.45. The highest BCUT2D eigenvalue weighted by Crippen LogP contribution is 2.37. The Hall–Kier alpha value is -2.65. The van der Waals surface area contributed by atoms with Crippen molar-refractivity contribution in [2.75, 3.05) is 34.0 Å². The smallest absolute Gasteiger partial charge is 0.247 e. The van der Waals surface area contributed by atoms with Crippen LogP contribution in [0.1, 0.15) is 24.0 Å². The molecular weight excluding hydrogens is 611 g/mol. The summed E-state index contributed by atoms with van der Waals surface area (Å²) in [6.45, 7) is -0.0439. The van der Waals surface area contributed by atoms with Crippen LogP contribution in [0.15, 0.2) is 46.8 Å². The molecule has 4 N–H and O–H groups in total. The molecule has 0 saturated heterocycles. The number of nitrogens with one attached hydrogen (secondary N) is 1. The van der Waals surface area contributed by atoms with E-state index in [2.05, 4.69) is 5.32 Å². The number of rotatable bonds is 13. The summed E-state index contributed by atoms with van der Waals surface area (Å²) in [5.74, 6) is -0.0309. The highest BCUT2D eigenvalue weighted by molar-refractivity contribution is 14.1. The van der Waals surface area contributed by atoms with Crippen LogP contribution in [0.3, 0.4) is 0 Å². The number of carbonyl (C=O) groups is 2. The Kier molecular flexibility index (Phi) is 11.4. The van der Waals surface area contributed by atoms with Crippen molar-refractivity contribution in [3.05, 3.63) is 57.1 Å². The number of nitrogens with zero attached hydrogens (tertiary/aromatic N) is 1. The van der Waals surface area contributed by atoms with Gasteiger partial charge in [0.25, 0.3) is 0 Å². The zero-order valence-electron chi connectivity index (χ0n) is 21.3. The number of amides is 2. The third-order valence-corrected chi connectivity index (χ3v) is 6.92. The van der Waals surface area contributed by atoms with E-state index in [1.807, 2.05) is 22.6 Å². The van der Waals surface area contributed by atoms with Gasteiger partial charge in [-0.05, 0) is 52.4 Å². The number of furan rings is 1. The predicted octanol–water partition coefficient (Wildman–Crippen LogP) is 1.37. The maximum atomic E-state index is 13.3. The van der Waals surface area contributed by atoms with Gasteiger partial charge in [0, 0.05) is 37.8 Å². The van der Waals surface area contributed by atoms with Gasteiger partial charge < -0.3 is 44.2 Å². The highest BCUT2D eigenvalue weighted by atomic mass is 127. The lowest BCUT2D eigenvalue weighted by molar-refractivity contribution is -0.140. The third kappa shape index (κ3) is 7.47. The van der Waals surface area contributed by atoms with Gasteiger partial charge in [0.2, 0.25) is 11.8 Å². The second-order valence-corrected chi connectivity index (χ2v) is 9.84. The molecule has 12 heteroatoms. The first-order valence-corrected chi connectivity index (χ1v) is 13.1. The van der Waals surface area contributed by atoms with Crippen molar-refractivity contribution in [1.82, 2.24) is 10.2 Å². The maximum absolute atomic E-state index is 13.3. The summed E-state index contributed by atoms with van der Waals surface area (Å²) >= 11 is 2.04. The summed E-state index contributed by atoms with van der Waals surface area (Å²) in [6, 6.07) is 4.26. The first-order chi connectivity index (χ1) is 18.3. The fourth-order valence-corrected chi connectivity index (χ4v) is 4.99. The van der Waals surface area contributed by atoms with Crippen LogP contribution in [0.2, 0.25) is 0 Å². The molecule has 208 valence electrons. The van der Waals surface area contributed by atoms with E-state index in [0.717, 1.165) is 5.56 Å². The molecule has 1 aliphatic carbocycles. The molecule has 1 aromatic heterocycles. The van der Waals surface area contributed by atoms with Crippen molar-refractivity contribution in [3.8, 4) is 11.5 Å². The minimum absolute atomic E-state index is 0.0504. The van der Waals surface area contributed by atoms with Gasteiger partial charge in [-0.1, -0.05) is 0 Å². The third-order valence-electron chi connectivity index (χ3n) is 6.11. The van der Waals surface area contributed by atoms with Gasteiger partial charge in [-0.3, -0.25) is 9.59 Å². The molecule has 3 unspecified atom stereocenters. The summed E-state index contributed by atoms with van der Waals surface area (Å²) < 4.78 is 22.6. The Morgan fingerprint density at radius 3 is 2.66 bits per heavy atom. The van der Waals surface area contributed by atoms with Crippen LogP contribution in [0, 0.1) is 3.57 Å². The molecule has 2 amide bonds. The molecule has 3 rings (SSSR count). The summed E-state index contributed by atoms with van der Waals surface area (Å²) in [5.41, 5.74) is 1.64. The standard InChI is InChI=1S/C26H33IN2O9/c1-35-7-4-23(32)29(13-16-3-8-37-15-16)20-11-18(26(34)28-5-6-30)12-21(24(20)33)38-25-19(27)9-17(14-31)10-22(25)36-2/h3,8-10,12,15,20-21,24,30-31,33H,4-7,11,13-14H2,1-2H3,(H,28,34). The molecule has 0 radical (unpaired) electrons. The first kappa shape index (κ1) is 29.9. The number of carbonyl (C=O) groups excluding carboxylic acids is 2. The molecule has 1 heterocycles. The van der Waals surface area contributed by atoms with Crippen molar-refractivity contribution in [3.63, 3.8) is 0 Å². The SMILES string of the molecule is COCCC(=O)N(Cc1ccoc1)C1CC(C(=O)NCCO)=CC(Oc2c(I)cc(CO)cc2OC)C1O. The van der Waals surface area contributed by atoms with Gasteiger partial charge >= 0.3 is 0 Å². The molecule has 1 aliphatic rings. The normalized spacial score (nSPS) is 19.0. The van der Waals surface area contributed by atoms with Crippen LogP contribution in [0.25, 0.3) is 0 Å². The van der Waals surface area contributed by atoms with Gasteiger partial charge in [0.05, 0.1) is 55.5 Å². The second kappa shape index (κ2) is 14.5. The fraction of sp³-hybridized carbons (Fsp3) is 0.462. The van der Waals surface area contributed by atoms with E-state index in [1.54, 1.807) is 18.2 Å². The average molecular weight is 644 g/mol. The van der Waals surface area contributed by atoms with Gasteiger partial charge in [0.1, 0.15) is 12.2 Å². The molecule has 0 bridgehead atoms. The summed E-state index contributed by atoms with van der Waals surface area (Å²) in [5, 5.41) is 32.9. The fourth-order valence-electron chi connectivity index (χ4n) is 4.20. The van der Waals surface area contributed by atoms with E-state index in [4.69, 9.17) is 23.7 Å². The van der Waals surface area contributed by atoms with E-state index >= 15 is 0 Å². The first-order valence-electron chi connectivity index (χ1n) is 12.0. The predicted molar refractivity (Wildman–Crippen MR) is 144 cm³/mol. The van der Waals surface area contributed by atoms with Gasteiger partial charge in [0.15, 0.2) is 11.5 Å². The molecule has 38 heavy (non-hydrogen) atoms. The molecule has 0 saturated carbocycles. The van der Waals surface area contributed by atoms with Crippen molar-refractivity contribution in [1.29, 1.82) is 0 Å². The summed E-state index contributed by atoms with van der Waals surface area (Å²) in [4.78, 5) is 27.7. The molecule has 11 nitrogen and oxygen atoms in total. The zero-order valence-corrected chi connectivity index (χ0v) is 23.4. The van der Waals surface area contributed by atoms with Crippen LogP contribution >= 0.6 is 22.6 Å². The Morgan fingerprint density at radius 1 is 1.24 bits per heavy atom. The van der Waals surface area contributed by atoms with Crippen molar-refractivity contribution < 1.29 is 43.5 Å². The number of hydrogen-bond donors (Lipinski definition) is 4. The number of ether oxygens (including phenoxy) is 3. The van der Waals surface area contributed by atoms with E-state index in [0.29, 0.717) is 26.2 Å². The van der Waals surface area contributed by atoms with Crippen molar-refractivity contribution >= 4 is 34.4 Å². The average Bonchev–Trinajstić information content (AvgIpc) is 3.44. The topological polar surface area (TPSA) is 151 Å². The van der Waals surface area contributed by atoms with Gasteiger partial charge in [-0.25, -0.2) is 0 Å². The highest BCUT2D eigenvalue weighted by Gasteiger charge is 2.41. The lowest BCUT2D eigenvalue weighted by Gasteiger charge is -2.40. The van der Waals surface area contributed by atoms with Crippen LogP contribution in [0.5, 0.6) is 11.5 Å². The number of aliphatic hydroxyl groups excluding tert-OH is 3. The molecule has 1 aromatic carbocycles. The van der Waals surface area contributed by atoms with E-state index in [-0.39, 0.29) is 51.7 Å².